The summed E-state index contributed by atoms with van der Waals surface area (Å²) in [5, 5.41) is 4.13. The summed E-state index contributed by atoms with van der Waals surface area (Å²) in [6, 6.07) is 108. The minimum Gasteiger partial charge on any atom is -0.510 e. The number of hydrogen-bond donors (Lipinski definition) is 0. The number of imidazole rings is 1. The molecule has 4 heterocycles. The number of hydrogen-bond acceptors (Lipinski definition) is 3. The molecule has 0 fully saturated rings. The second kappa shape index (κ2) is 21.6. The van der Waals surface area contributed by atoms with E-state index in [9.17, 15) is 0 Å². The van der Waals surface area contributed by atoms with Gasteiger partial charge in [0, 0.05) is 61.1 Å². The van der Waals surface area contributed by atoms with Crippen LogP contribution in [0.1, 0.15) is 0 Å². The summed E-state index contributed by atoms with van der Waals surface area (Å²) in [6.45, 7) is 0. The summed E-state index contributed by atoms with van der Waals surface area (Å²) in [4.78, 5) is 5.02. The second-order valence-corrected chi connectivity index (χ2v) is 21.1. The van der Waals surface area contributed by atoms with E-state index in [1.54, 1.807) is 0 Å². The van der Waals surface area contributed by atoms with Gasteiger partial charge in [0.05, 0.1) is 16.7 Å². The molecule has 0 bridgehead atoms. The third-order valence-electron chi connectivity index (χ3n) is 16.0. The van der Waals surface area contributed by atoms with E-state index in [2.05, 4.69) is 275 Å². The van der Waals surface area contributed by atoms with Crippen LogP contribution in [0.4, 0.5) is 0 Å². The first-order valence-corrected chi connectivity index (χ1v) is 28.2. The molecule has 7 heteroatoms. The van der Waals surface area contributed by atoms with Crippen molar-refractivity contribution in [3.8, 4) is 95.5 Å². The number of pyridine rings is 1. The number of rotatable bonds is 11. The van der Waals surface area contributed by atoms with Gasteiger partial charge in [0.25, 0.3) is 6.33 Å². The summed E-state index contributed by atoms with van der Waals surface area (Å²) in [5.41, 5.74) is 20.4. The fourth-order valence-electron chi connectivity index (χ4n) is 12.1. The van der Waals surface area contributed by atoms with E-state index in [1.165, 1.54) is 0 Å². The average Bonchev–Trinajstić information content (AvgIpc) is 1.99. The molecule has 0 spiro atoms. The Morgan fingerprint density at radius 2 is 0.882 bits per heavy atom. The van der Waals surface area contributed by atoms with Crippen molar-refractivity contribution in [1.29, 1.82) is 0 Å². The smallest absolute Gasteiger partial charge is 0.268 e. The minimum absolute atomic E-state index is 0. The zero-order valence-electron chi connectivity index (χ0n) is 45.6. The van der Waals surface area contributed by atoms with Gasteiger partial charge in [-0.05, 0) is 126 Å². The van der Waals surface area contributed by atoms with E-state index < -0.39 is 0 Å². The Labute approximate surface area is 505 Å². The Hall–Kier alpha value is -10.7. The molecule has 0 aliphatic heterocycles. The Balaban J connectivity index is 0.00000613. The van der Waals surface area contributed by atoms with Crippen LogP contribution < -0.4 is 9.30 Å². The van der Waals surface area contributed by atoms with Crippen LogP contribution in [0.15, 0.2) is 296 Å². The number of furan rings is 1. The molecule has 0 saturated carbocycles. The molecular weight excluding hydrogens is 1220 g/mol. The van der Waals surface area contributed by atoms with Gasteiger partial charge in [-0.1, -0.05) is 206 Å². The molecule has 0 radical (unpaired) electrons. The van der Waals surface area contributed by atoms with Crippen LogP contribution in [0.25, 0.3) is 139 Å². The molecule has 0 N–H and O–H groups in total. The quantitative estimate of drug-likeness (QED) is 0.0958. The van der Waals surface area contributed by atoms with Crippen molar-refractivity contribution in [2.24, 2.45) is 0 Å². The molecule has 0 unspecified atom stereocenters. The van der Waals surface area contributed by atoms with Crippen molar-refractivity contribution in [1.82, 2.24) is 14.1 Å². The van der Waals surface area contributed by atoms with Gasteiger partial charge in [-0.25, -0.2) is 4.98 Å². The van der Waals surface area contributed by atoms with Crippen molar-refractivity contribution >= 4 is 54.8 Å². The Bertz CT molecular complexity index is 4910. The zero-order valence-corrected chi connectivity index (χ0v) is 47.9. The molecule has 0 amide bonds. The maximum atomic E-state index is 6.80. The van der Waals surface area contributed by atoms with E-state index in [0.717, 1.165) is 139 Å². The number of aromatic nitrogens is 4. The molecule has 85 heavy (non-hydrogen) atoms. The standard InChI is InChI=1S/C78H48N4O2.Pt/c1-5-21-52(22-6-1)56-41-57(53-23-7-2-8-24-53)44-60(43-56)65-33-20-34-66(61-45-58(54-25-9-3-10-26-54)42-59(46-61)55-27-11-4-12-28-55)78(65)81-51-80(72-36-16-17-37-73(72)81)62-29-19-30-63(47-62)83-64-39-40-68-67-31-13-15-35-71(67)82(74(68)48-64)77-49-76-70(50-79-77)69-32-14-18-38-75(69)84-76;/h1-46,49-50H;/q-2;. The molecular formula is C78H48N4O2Pt-2. The van der Waals surface area contributed by atoms with Crippen LogP contribution >= 0.6 is 0 Å². The third-order valence-corrected chi connectivity index (χ3v) is 16.0. The van der Waals surface area contributed by atoms with Gasteiger partial charge in [-0.2, -0.15) is 18.2 Å². The summed E-state index contributed by atoms with van der Waals surface area (Å²) in [6.07, 6.45) is 5.83. The third kappa shape index (κ3) is 9.30. The molecule has 4 aromatic heterocycles. The monoisotopic (exact) mass is 1270 g/mol. The van der Waals surface area contributed by atoms with Gasteiger partial charge in [-0.3, -0.25) is 4.57 Å². The van der Waals surface area contributed by atoms with Gasteiger partial charge < -0.3 is 18.3 Å². The van der Waals surface area contributed by atoms with Gasteiger partial charge in [0.1, 0.15) is 17.0 Å². The zero-order chi connectivity index (χ0) is 55.5. The van der Waals surface area contributed by atoms with E-state index in [-0.39, 0.29) is 21.1 Å². The van der Waals surface area contributed by atoms with Crippen LogP contribution in [-0.4, -0.2) is 14.1 Å². The summed E-state index contributed by atoms with van der Waals surface area (Å²) < 4.78 is 19.6. The maximum absolute atomic E-state index is 6.80. The van der Waals surface area contributed by atoms with E-state index >= 15 is 0 Å². The number of para-hydroxylation sites is 5. The molecule has 0 aliphatic rings. The second-order valence-electron chi connectivity index (χ2n) is 21.1. The molecule has 16 rings (SSSR count). The van der Waals surface area contributed by atoms with Gasteiger partial charge in [0.15, 0.2) is 0 Å². The molecule has 0 saturated heterocycles. The number of benzene rings is 12. The van der Waals surface area contributed by atoms with Crippen LogP contribution in [0, 0.1) is 18.5 Å². The number of fused-ring (bicyclic) bond motifs is 7. The maximum Gasteiger partial charge on any atom is 0.268 e. The molecule has 0 atom stereocenters. The first-order valence-electron chi connectivity index (χ1n) is 28.2. The Morgan fingerprint density at radius 3 is 1.49 bits per heavy atom. The fraction of sp³-hybridized carbons (Fsp3) is 0. The number of ether oxygens (including phenoxy) is 1. The van der Waals surface area contributed by atoms with Crippen molar-refractivity contribution in [2.75, 3.05) is 0 Å². The van der Waals surface area contributed by atoms with Gasteiger partial charge in [0.2, 0.25) is 0 Å². The predicted molar refractivity (Wildman–Crippen MR) is 340 cm³/mol. The fourth-order valence-corrected chi connectivity index (χ4v) is 12.1. The topological polar surface area (TPSA) is 49.0 Å². The number of nitrogens with zero attached hydrogens (tertiary/aromatic N) is 4. The summed E-state index contributed by atoms with van der Waals surface area (Å²) >= 11 is 0. The van der Waals surface area contributed by atoms with Crippen molar-refractivity contribution < 1.29 is 34.8 Å². The Kier molecular flexibility index (Phi) is 13.0. The SMILES string of the molecule is [Pt].[c-]1c(Oc2[c-]c3c(cc2)c2ccccc2n3-c2cc3oc4ccccc4c3cn2)cccc1-n1[c-][n+](-c2c(-c3cc(-c4ccccc4)cc(-c4ccccc4)c3)cccc2-c2cc(-c3ccccc3)cc(-c3ccccc3)c2)c2ccccc21. The largest absolute Gasteiger partial charge is 0.510 e. The van der Waals surface area contributed by atoms with Gasteiger partial charge in [-0.15, -0.1) is 29.7 Å². The molecule has 404 valence electrons. The van der Waals surface area contributed by atoms with Crippen molar-refractivity contribution in [2.45, 2.75) is 0 Å². The normalized spacial score (nSPS) is 11.4. The van der Waals surface area contributed by atoms with Crippen molar-refractivity contribution in [3.63, 3.8) is 0 Å². The van der Waals surface area contributed by atoms with Crippen molar-refractivity contribution in [3.05, 3.63) is 310 Å². The van der Waals surface area contributed by atoms with Crippen LogP contribution in [0.2, 0.25) is 0 Å². The average molecular weight is 1270 g/mol. The molecule has 0 aliphatic carbocycles. The summed E-state index contributed by atoms with van der Waals surface area (Å²) in [5.74, 6) is 1.80. The van der Waals surface area contributed by atoms with E-state index in [1.807, 2.05) is 48.7 Å². The molecule has 6 nitrogen and oxygen atoms in total. The van der Waals surface area contributed by atoms with Gasteiger partial charge >= 0.3 is 0 Å². The summed E-state index contributed by atoms with van der Waals surface area (Å²) in [7, 11) is 0. The first-order chi connectivity index (χ1) is 41.6. The predicted octanol–water partition coefficient (Wildman–Crippen LogP) is 19.5. The van der Waals surface area contributed by atoms with E-state index in [4.69, 9.17) is 14.1 Å². The minimum atomic E-state index is 0. The molecule has 16 aromatic rings. The molecule has 12 aromatic carbocycles. The van der Waals surface area contributed by atoms with Crippen LogP contribution in [0.5, 0.6) is 11.5 Å². The van der Waals surface area contributed by atoms with Crippen LogP contribution in [0.3, 0.4) is 0 Å². The first kappa shape index (κ1) is 51.2. The van der Waals surface area contributed by atoms with Crippen LogP contribution in [-0.2, 0) is 21.1 Å². The van der Waals surface area contributed by atoms with E-state index in [0.29, 0.717) is 11.5 Å². The Morgan fingerprint density at radius 1 is 0.376 bits per heavy atom.